The molecular formula is C14H22BrN3O2. The Hall–Kier alpha value is -0.880. The molecule has 1 fully saturated rings. The predicted octanol–water partition coefficient (Wildman–Crippen LogP) is 2.56. The quantitative estimate of drug-likeness (QED) is 0.832. The van der Waals surface area contributed by atoms with Crippen molar-refractivity contribution in [2.45, 2.75) is 46.2 Å². The van der Waals surface area contributed by atoms with Gasteiger partial charge in [-0.2, -0.15) is 5.10 Å². The Labute approximate surface area is 127 Å². The predicted molar refractivity (Wildman–Crippen MR) is 80.5 cm³/mol. The lowest BCUT2D eigenvalue weighted by Crippen LogP contribution is -2.29. The Morgan fingerprint density at radius 3 is 2.95 bits per heavy atom. The first-order valence-electron chi connectivity index (χ1n) is 7.19. The van der Waals surface area contributed by atoms with Gasteiger partial charge in [-0.1, -0.05) is 6.42 Å². The molecule has 0 aromatic carbocycles. The van der Waals surface area contributed by atoms with Gasteiger partial charge < -0.3 is 10.4 Å². The van der Waals surface area contributed by atoms with Crippen LogP contribution in [0.2, 0.25) is 0 Å². The lowest BCUT2D eigenvalue weighted by Gasteiger charge is -2.16. The minimum absolute atomic E-state index is 0.177. The summed E-state index contributed by atoms with van der Waals surface area (Å²) in [7, 11) is 0. The van der Waals surface area contributed by atoms with Crippen molar-refractivity contribution >= 4 is 21.9 Å². The van der Waals surface area contributed by atoms with E-state index in [1.807, 2.05) is 11.6 Å². The van der Waals surface area contributed by atoms with Gasteiger partial charge >= 0.3 is 5.97 Å². The summed E-state index contributed by atoms with van der Waals surface area (Å²) in [6, 6.07) is 0. The summed E-state index contributed by atoms with van der Waals surface area (Å²) in [4.78, 5) is 11.2. The molecule has 112 valence electrons. The van der Waals surface area contributed by atoms with Gasteiger partial charge in [-0.05, 0) is 55.1 Å². The third-order valence-electron chi connectivity index (χ3n) is 4.13. The van der Waals surface area contributed by atoms with Crippen molar-refractivity contribution in [2.75, 3.05) is 6.54 Å². The van der Waals surface area contributed by atoms with E-state index >= 15 is 0 Å². The van der Waals surface area contributed by atoms with E-state index in [1.165, 1.54) is 0 Å². The minimum Gasteiger partial charge on any atom is -0.481 e. The first-order valence-corrected chi connectivity index (χ1v) is 7.99. The van der Waals surface area contributed by atoms with E-state index in [2.05, 4.69) is 33.3 Å². The normalized spacial score (nSPS) is 22.4. The van der Waals surface area contributed by atoms with Crippen LogP contribution in [0.25, 0.3) is 0 Å². The Kier molecular flexibility index (Phi) is 5.21. The summed E-state index contributed by atoms with van der Waals surface area (Å²) >= 11 is 3.57. The highest BCUT2D eigenvalue weighted by molar-refractivity contribution is 9.10. The first-order chi connectivity index (χ1) is 9.54. The first kappa shape index (κ1) is 15.5. The molecule has 2 rings (SSSR count). The zero-order valence-electron chi connectivity index (χ0n) is 12.0. The SMILES string of the molecule is CCn1nc(C)c(Br)c1CNCC1CCCC1C(=O)O. The van der Waals surface area contributed by atoms with Crippen LogP contribution in [-0.4, -0.2) is 27.4 Å². The monoisotopic (exact) mass is 343 g/mol. The molecular weight excluding hydrogens is 322 g/mol. The number of hydrogen-bond acceptors (Lipinski definition) is 3. The lowest BCUT2D eigenvalue weighted by atomic mass is 9.96. The van der Waals surface area contributed by atoms with Crippen molar-refractivity contribution in [3.63, 3.8) is 0 Å². The Bertz CT molecular complexity index is 487. The summed E-state index contributed by atoms with van der Waals surface area (Å²) in [5.41, 5.74) is 2.13. The van der Waals surface area contributed by atoms with Gasteiger partial charge in [0.2, 0.25) is 0 Å². The number of carboxylic acids is 1. The summed E-state index contributed by atoms with van der Waals surface area (Å²) < 4.78 is 3.03. The number of aryl methyl sites for hydroxylation is 2. The summed E-state index contributed by atoms with van der Waals surface area (Å²) in [5.74, 6) is -0.570. The molecule has 1 aromatic heterocycles. The number of nitrogens with one attached hydrogen (secondary N) is 1. The highest BCUT2D eigenvalue weighted by Crippen LogP contribution is 2.31. The summed E-state index contributed by atoms with van der Waals surface area (Å²) in [6.45, 7) is 6.37. The maximum Gasteiger partial charge on any atom is 0.306 e. The lowest BCUT2D eigenvalue weighted by molar-refractivity contribution is -0.142. The van der Waals surface area contributed by atoms with Crippen LogP contribution >= 0.6 is 15.9 Å². The molecule has 0 radical (unpaired) electrons. The topological polar surface area (TPSA) is 67.2 Å². The van der Waals surface area contributed by atoms with Crippen LogP contribution in [0.3, 0.4) is 0 Å². The Balaban J connectivity index is 1.91. The number of halogens is 1. The fraction of sp³-hybridized carbons (Fsp3) is 0.714. The van der Waals surface area contributed by atoms with Crippen LogP contribution in [0, 0.1) is 18.8 Å². The van der Waals surface area contributed by atoms with Crippen LogP contribution < -0.4 is 5.32 Å². The average molecular weight is 344 g/mol. The average Bonchev–Trinajstić information content (AvgIpc) is 2.98. The second-order valence-electron chi connectivity index (χ2n) is 5.43. The molecule has 2 unspecified atom stereocenters. The van der Waals surface area contributed by atoms with Crippen molar-refractivity contribution in [1.82, 2.24) is 15.1 Å². The van der Waals surface area contributed by atoms with E-state index in [0.29, 0.717) is 0 Å². The molecule has 0 spiro atoms. The highest BCUT2D eigenvalue weighted by atomic mass is 79.9. The number of aromatic nitrogens is 2. The molecule has 1 aromatic rings. The largest absolute Gasteiger partial charge is 0.481 e. The third-order valence-corrected chi connectivity index (χ3v) is 5.16. The standard InChI is InChI=1S/C14H22BrN3O2/c1-3-18-12(13(15)9(2)17-18)8-16-7-10-5-4-6-11(10)14(19)20/h10-11,16H,3-8H2,1-2H3,(H,19,20). The van der Waals surface area contributed by atoms with Gasteiger partial charge in [0, 0.05) is 13.1 Å². The van der Waals surface area contributed by atoms with Crippen LogP contribution in [0.5, 0.6) is 0 Å². The van der Waals surface area contributed by atoms with Gasteiger partial charge in [0.05, 0.1) is 21.8 Å². The van der Waals surface area contributed by atoms with E-state index in [-0.39, 0.29) is 11.8 Å². The van der Waals surface area contributed by atoms with E-state index < -0.39 is 5.97 Å². The van der Waals surface area contributed by atoms with Gasteiger partial charge in [0.15, 0.2) is 0 Å². The number of carbonyl (C=O) groups is 1. The van der Waals surface area contributed by atoms with Crippen molar-refractivity contribution in [3.05, 3.63) is 15.9 Å². The van der Waals surface area contributed by atoms with Gasteiger partial charge in [-0.3, -0.25) is 9.48 Å². The number of hydrogen-bond donors (Lipinski definition) is 2. The van der Waals surface area contributed by atoms with Gasteiger partial charge in [-0.15, -0.1) is 0 Å². The minimum atomic E-state index is -0.648. The van der Waals surface area contributed by atoms with Gasteiger partial charge in [0.1, 0.15) is 0 Å². The van der Waals surface area contributed by atoms with E-state index in [9.17, 15) is 9.90 Å². The van der Waals surface area contributed by atoms with Crippen molar-refractivity contribution in [3.8, 4) is 0 Å². The molecule has 0 aliphatic heterocycles. The third kappa shape index (κ3) is 3.23. The molecule has 2 atom stereocenters. The fourth-order valence-corrected chi connectivity index (χ4v) is 3.44. The zero-order chi connectivity index (χ0) is 14.7. The van der Waals surface area contributed by atoms with Crippen LogP contribution in [0.15, 0.2) is 4.47 Å². The number of nitrogens with zero attached hydrogens (tertiary/aromatic N) is 2. The summed E-state index contributed by atoms with van der Waals surface area (Å²) in [6.07, 6.45) is 2.85. The molecule has 0 saturated heterocycles. The molecule has 2 N–H and O–H groups in total. The molecule has 1 aliphatic carbocycles. The van der Waals surface area contributed by atoms with Crippen molar-refractivity contribution in [2.24, 2.45) is 11.8 Å². The number of carboxylic acid groups (broad SMARTS) is 1. The number of aliphatic carboxylic acids is 1. The molecule has 1 heterocycles. The molecule has 1 aliphatic rings. The van der Waals surface area contributed by atoms with E-state index in [0.717, 1.165) is 54.8 Å². The van der Waals surface area contributed by atoms with Crippen LogP contribution in [-0.2, 0) is 17.9 Å². The van der Waals surface area contributed by atoms with Gasteiger partial charge in [-0.25, -0.2) is 0 Å². The molecule has 1 saturated carbocycles. The Morgan fingerprint density at radius 2 is 2.30 bits per heavy atom. The fourth-order valence-electron chi connectivity index (χ4n) is 3.02. The molecule has 20 heavy (non-hydrogen) atoms. The van der Waals surface area contributed by atoms with E-state index in [4.69, 9.17) is 0 Å². The maximum absolute atomic E-state index is 11.2. The molecule has 0 bridgehead atoms. The number of rotatable bonds is 6. The molecule has 6 heteroatoms. The van der Waals surface area contributed by atoms with Gasteiger partial charge in [0.25, 0.3) is 0 Å². The summed E-state index contributed by atoms with van der Waals surface area (Å²) in [5, 5.41) is 17.0. The second kappa shape index (κ2) is 6.72. The van der Waals surface area contributed by atoms with Crippen molar-refractivity contribution in [1.29, 1.82) is 0 Å². The smallest absolute Gasteiger partial charge is 0.306 e. The van der Waals surface area contributed by atoms with Crippen LogP contribution in [0.4, 0.5) is 0 Å². The van der Waals surface area contributed by atoms with E-state index in [1.54, 1.807) is 0 Å². The van der Waals surface area contributed by atoms with Crippen LogP contribution in [0.1, 0.15) is 37.6 Å². The molecule has 0 amide bonds. The zero-order valence-corrected chi connectivity index (χ0v) is 13.6. The highest BCUT2D eigenvalue weighted by Gasteiger charge is 2.32. The maximum atomic E-state index is 11.2. The molecule has 5 nitrogen and oxygen atoms in total. The van der Waals surface area contributed by atoms with Crippen molar-refractivity contribution < 1.29 is 9.90 Å². The second-order valence-corrected chi connectivity index (χ2v) is 6.22. The Morgan fingerprint density at radius 1 is 1.55 bits per heavy atom.